The SMILES string of the molecule is Cc1cccc([C@@H](C)NC(C)c2cccnc2)c1. The van der Waals surface area contributed by atoms with Crippen LogP contribution < -0.4 is 5.32 Å². The zero-order valence-electron chi connectivity index (χ0n) is 11.2. The molecule has 2 aromatic rings. The van der Waals surface area contributed by atoms with Gasteiger partial charge in [0, 0.05) is 24.5 Å². The minimum atomic E-state index is 0.300. The van der Waals surface area contributed by atoms with Crippen LogP contribution in [-0.2, 0) is 0 Å². The van der Waals surface area contributed by atoms with Crippen LogP contribution >= 0.6 is 0 Å². The van der Waals surface area contributed by atoms with Gasteiger partial charge in [0.15, 0.2) is 0 Å². The maximum atomic E-state index is 4.16. The Morgan fingerprint density at radius 1 is 1.00 bits per heavy atom. The topological polar surface area (TPSA) is 24.9 Å². The van der Waals surface area contributed by atoms with Crippen LogP contribution in [0.5, 0.6) is 0 Å². The van der Waals surface area contributed by atoms with Crippen LogP contribution in [0, 0.1) is 6.92 Å². The van der Waals surface area contributed by atoms with E-state index in [-0.39, 0.29) is 0 Å². The highest BCUT2D eigenvalue weighted by Crippen LogP contribution is 2.19. The zero-order valence-corrected chi connectivity index (χ0v) is 11.2. The van der Waals surface area contributed by atoms with Crippen LogP contribution in [0.1, 0.15) is 42.6 Å². The number of pyridine rings is 1. The fourth-order valence-corrected chi connectivity index (χ4v) is 2.14. The minimum Gasteiger partial charge on any atom is -0.304 e. The van der Waals surface area contributed by atoms with Crippen molar-refractivity contribution in [2.75, 3.05) is 0 Å². The van der Waals surface area contributed by atoms with E-state index < -0.39 is 0 Å². The molecule has 0 aliphatic rings. The van der Waals surface area contributed by atoms with Gasteiger partial charge in [-0.15, -0.1) is 0 Å². The molecule has 0 saturated carbocycles. The highest BCUT2D eigenvalue weighted by atomic mass is 14.9. The monoisotopic (exact) mass is 240 g/mol. The lowest BCUT2D eigenvalue weighted by atomic mass is 10.0. The van der Waals surface area contributed by atoms with Crippen molar-refractivity contribution in [3.63, 3.8) is 0 Å². The molecule has 2 heteroatoms. The summed E-state index contributed by atoms with van der Waals surface area (Å²) in [4.78, 5) is 4.16. The molecular formula is C16H20N2. The fourth-order valence-electron chi connectivity index (χ4n) is 2.14. The largest absolute Gasteiger partial charge is 0.304 e. The summed E-state index contributed by atoms with van der Waals surface area (Å²) in [6, 6.07) is 13.3. The van der Waals surface area contributed by atoms with Crippen LogP contribution in [-0.4, -0.2) is 4.98 Å². The number of nitrogens with one attached hydrogen (secondary N) is 1. The van der Waals surface area contributed by atoms with Gasteiger partial charge in [-0.25, -0.2) is 0 Å². The van der Waals surface area contributed by atoms with Crippen molar-refractivity contribution in [3.8, 4) is 0 Å². The van der Waals surface area contributed by atoms with Gasteiger partial charge in [-0.3, -0.25) is 4.98 Å². The van der Waals surface area contributed by atoms with Gasteiger partial charge >= 0.3 is 0 Å². The maximum absolute atomic E-state index is 4.16. The van der Waals surface area contributed by atoms with E-state index in [0.29, 0.717) is 12.1 Å². The first-order chi connectivity index (χ1) is 8.66. The van der Waals surface area contributed by atoms with E-state index >= 15 is 0 Å². The average Bonchev–Trinajstić information content (AvgIpc) is 2.39. The van der Waals surface area contributed by atoms with E-state index in [1.165, 1.54) is 16.7 Å². The Morgan fingerprint density at radius 2 is 1.72 bits per heavy atom. The molecule has 1 N–H and O–H groups in total. The second kappa shape index (κ2) is 5.78. The number of nitrogens with zero attached hydrogens (tertiary/aromatic N) is 1. The molecule has 0 bridgehead atoms. The lowest BCUT2D eigenvalue weighted by Crippen LogP contribution is -2.22. The summed E-state index contributed by atoms with van der Waals surface area (Å²) in [7, 11) is 0. The van der Waals surface area contributed by atoms with Crippen molar-refractivity contribution in [2.45, 2.75) is 32.9 Å². The van der Waals surface area contributed by atoms with Gasteiger partial charge in [-0.2, -0.15) is 0 Å². The standard InChI is InChI=1S/C16H20N2/c1-12-6-4-7-15(10-12)13(2)18-14(3)16-8-5-9-17-11-16/h4-11,13-14,18H,1-3H3/t13-,14?/m1/s1. The minimum absolute atomic E-state index is 0.300. The zero-order chi connectivity index (χ0) is 13.0. The molecule has 0 radical (unpaired) electrons. The van der Waals surface area contributed by atoms with E-state index in [2.05, 4.69) is 61.4 Å². The van der Waals surface area contributed by atoms with Crippen LogP contribution in [0.2, 0.25) is 0 Å². The van der Waals surface area contributed by atoms with Gasteiger partial charge in [0.1, 0.15) is 0 Å². The summed E-state index contributed by atoms with van der Waals surface area (Å²) in [6.07, 6.45) is 3.72. The Hall–Kier alpha value is -1.67. The third kappa shape index (κ3) is 3.17. The molecule has 94 valence electrons. The summed E-state index contributed by atoms with van der Waals surface area (Å²) >= 11 is 0. The molecule has 0 fully saturated rings. The molecule has 2 rings (SSSR count). The molecule has 1 aromatic carbocycles. The molecule has 1 unspecified atom stereocenters. The van der Waals surface area contributed by atoms with Crippen LogP contribution in [0.25, 0.3) is 0 Å². The molecule has 2 nitrogen and oxygen atoms in total. The van der Waals surface area contributed by atoms with Crippen molar-refractivity contribution in [3.05, 3.63) is 65.5 Å². The van der Waals surface area contributed by atoms with Crippen molar-refractivity contribution in [2.24, 2.45) is 0 Å². The lowest BCUT2D eigenvalue weighted by Gasteiger charge is -2.20. The number of aryl methyl sites for hydroxylation is 1. The number of hydrogen-bond donors (Lipinski definition) is 1. The lowest BCUT2D eigenvalue weighted by molar-refractivity contribution is 0.493. The van der Waals surface area contributed by atoms with Crippen molar-refractivity contribution < 1.29 is 0 Å². The van der Waals surface area contributed by atoms with Crippen LogP contribution in [0.3, 0.4) is 0 Å². The first-order valence-corrected chi connectivity index (χ1v) is 6.39. The first kappa shape index (κ1) is 12.8. The third-order valence-corrected chi connectivity index (χ3v) is 3.23. The second-order valence-electron chi connectivity index (χ2n) is 4.81. The second-order valence-corrected chi connectivity index (χ2v) is 4.81. The Morgan fingerprint density at radius 3 is 2.39 bits per heavy atom. The summed E-state index contributed by atoms with van der Waals surface area (Å²) in [6.45, 7) is 6.49. The predicted octanol–water partition coefficient (Wildman–Crippen LogP) is 3.80. The maximum Gasteiger partial charge on any atom is 0.0315 e. The number of aromatic nitrogens is 1. The summed E-state index contributed by atoms with van der Waals surface area (Å²) < 4.78 is 0. The smallest absolute Gasteiger partial charge is 0.0315 e. The highest BCUT2D eigenvalue weighted by molar-refractivity contribution is 5.25. The highest BCUT2D eigenvalue weighted by Gasteiger charge is 2.10. The third-order valence-electron chi connectivity index (χ3n) is 3.23. The first-order valence-electron chi connectivity index (χ1n) is 6.39. The van der Waals surface area contributed by atoms with Gasteiger partial charge in [0.05, 0.1) is 0 Å². The number of benzene rings is 1. The molecule has 0 amide bonds. The summed E-state index contributed by atoms with van der Waals surface area (Å²) in [5.74, 6) is 0. The average molecular weight is 240 g/mol. The Balaban J connectivity index is 2.05. The van der Waals surface area contributed by atoms with E-state index in [0.717, 1.165) is 0 Å². The quantitative estimate of drug-likeness (QED) is 0.879. The van der Waals surface area contributed by atoms with Crippen LogP contribution in [0.15, 0.2) is 48.8 Å². The summed E-state index contributed by atoms with van der Waals surface area (Å²) in [5, 5.41) is 3.60. The molecule has 1 heterocycles. The number of hydrogen-bond acceptors (Lipinski definition) is 2. The molecule has 18 heavy (non-hydrogen) atoms. The van der Waals surface area contributed by atoms with Gasteiger partial charge in [-0.1, -0.05) is 35.9 Å². The normalized spacial score (nSPS) is 14.2. The van der Waals surface area contributed by atoms with Gasteiger partial charge < -0.3 is 5.32 Å². The van der Waals surface area contributed by atoms with E-state index in [4.69, 9.17) is 0 Å². The molecule has 2 atom stereocenters. The Labute approximate surface area is 109 Å². The van der Waals surface area contributed by atoms with Gasteiger partial charge in [0.2, 0.25) is 0 Å². The van der Waals surface area contributed by atoms with Crippen molar-refractivity contribution in [1.29, 1.82) is 0 Å². The summed E-state index contributed by atoms with van der Waals surface area (Å²) in [5.41, 5.74) is 3.85. The Bertz CT molecular complexity index is 493. The Kier molecular flexibility index (Phi) is 4.11. The van der Waals surface area contributed by atoms with E-state index in [1.54, 1.807) is 6.20 Å². The number of rotatable bonds is 4. The molecule has 1 aromatic heterocycles. The molecule has 0 spiro atoms. The fraction of sp³-hybridized carbons (Fsp3) is 0.312. The van der Waals surface area contributed by atoms with Crippen molar-refractivity contribution >= 4 is 0 Å². The predicted molar refractivity (Wildman–Crippen MR) is 75.4 cm³/mol. The van der Waals surface area contributed by atoms with Crippen molar-refractivity contribution in [1.82, 2.24) is 10.3 Å². The molecule has 0 aliphatic heterocycles. The van der Waals surface area contributed by atoms with E-state index in [1.807, 2.05) is 12.3 Å². The van der Waals surface area contributed by atoms with Gasteiger partial charge in [-0.05, 0) is 38.0 Å². The van der Waals surface area contributed by atoms with E-state index in [9.17, 15) is 0 Å². The molecule has 0 saturated heterocycles. The van der Waals surface area contributed by atoms with Crippen LogP contribution in [0.4, 0.5) is 0 Å². The molecule has 0 aliphatic carbocycles. The van der Waals surface area contributed by atoms with Gasteiger partial charge in [0.25, 0.3) is 0 Å². The molecular weight excluding hydrogens is 220 g/mol.